The molecule has 0 N–H and O–H groups in total. The van der Waals surface area contributed by atoms with Crippen LogP contribution in [0.3, 0.4) is 0 Å². The van der Waals surface area contributed by atoms with E-state index in [0.717, 1.165) is 12.8 Å². The molecule has 18 heavy (non-hydrogen) atoms. The van der Waals surface area contributed by atoms with Crippen LogP contribution in [0.15, 0.2) is 12.2 Å². The van der Waals surface area contributed by atoms with E-state index in [2.05, 4.69) is 19.1 Å². The van der Waals surface area contributed by atoms with Gasteiger partial charge in [-0.3, -0.25) is 9.59 Å². The molecule has 2 aliphatic carbocycles. The van der Waals surface area contributed by atoms with Crippen molar-refractivity contribution in [2.75, 3.05) is 0 Å². The standard InChI is InChI=1S/C15H18O3/c1-8-3-2-4-9-7-11(17)13-12-10(16)5-6-15(8,12)14(9)18-13/h2,4,8-9,12-14H,3,5-7H2,1H3/t8-,9+,12+,13-,14-,15-/m1/s1. The number of fused-ring (bicyclic) bond motifs is 2. The maximum atomic E-state index is 12.2. The lowest BCUT2D eigenvalue weighted by Gasteiger charge is -2.39. The summed E-state index contributed by atoms with van der Waals surface area (Å²) in [6.07, 6.45) is 7.19. The quantitative estimate of drug-likeness (QED) is 0.613. The van der Waals surface area contributed by atoms with Gasteiger partial charge < -0.3 is 4.74 Å². The predicted octanol–water partition coefficient (Wildman–Crippen LogP) is 1.90. The first-order chi connectivity index (χ1) is 8.64. The summed E-state index contributed by atoms with van der Waals surface area (Å²) in [5.41, 5.74) is -0.0535. The molecule has 96 valence electrons. The molecule has 2 saturated heterocycles. The molecule has 0 aromatic carbocycles. The first kappa shape index (κ1) is 10.9. The Hall–Kier alpha value is -0.960. The van der Waals surface area contributed by atoms with Crippen LogP contribution >= 0.6 is 0 Å². The number of carbonyl (C=O) groups is 2. The summed E-state index contributed by atoms with van der Waals surface area (Å²) in [4.78, 5) is 24.4. The lowest BCUT2D eigenvalue weighted by Crippen LogP contribution is -2.42. The van der Waals surface area contributed by atoms with Gasteiger partial charge in [-0.1, -0.05) is 19.1 Å². The molecule has 0 aromatic rings. The molecule has 3 heteroatoms. The Morgan fingerprint density at radius 1 is 1.33 bits per heavy atom. The third kappa shape index (κ3) is 1.05. The van der Waals surface area contributed by atoms with Gasteiger partial charge in [0.05, 0.1) is 12.0 Å². The predicted molar refractivity (Wildman–Crippen MR) is 64.9 cm³/mol. The van der Waals surface area contributed by atoms with Crippen LogP contribution in [0, 0.1) is 23.2 Å². The molecule has 0 aromatic heterocycles. The van der Waals surface area contributed by atoms with Crippen molar-refractivity contribution in [3.63, 3.8) is 0 Å². The second kappa shape index (κ2) is 3.32. The normalized spacial score (nSPS) is 53.5. The largest absolute Gasteiger partial charge is 0.365 e. The van der Waals surface area contributed by atoms with E-state index in [9.17, 15) is 9.59 Å². The Morgan fingerprint density at radius 2 is 2.17 bits per heavy atom. The number of ketones is 2. The molecule has 2 heterocycles. The first-order valence-electron chi connectivity index (χ1n) is 7.02. The summed E-state index contributed by atoms with van der Waals surface area (Å²) >= 11 is 0. The van der Waals surface area contributed by atoms with Gasteiger partial charge in [-0.2, -0.15) is 0 Å². The SMILES string of the molecule is C[C@@H]1CC=C[C@H]2CC(=O)[C@H]3O[C@H]2[C@]12CCC(=O)[C@@H]32. The van der Waals surface area contributed by atoms with Crippen molar-refractivity contribution in [2.24, 2.45) is 23.2 Å². The summed E-state index contributed by atoms with van der Waals surface area (Å²) in [5.74, 6) is 0.919. The van der Waals surface area contributed by atoms with Gasteiger partial charge in [-0.05, 0) is 18.8 Å². The molecule has 1 saturated carbocycles. The Balaban J connectivity index is 1.91. The fourth-order valence-corrected chi connectivity index (χ4v) is 4.98. The van der Waals surface area contributed by atoms with Crippen molar-refractivity contribution < 1.29 is 14.3 Å². The van der Waals surface area contributed by atoms with Crippen LogP contribution in [0.25, 0.3) is 0 Å². The van der Waals surface area contributed by atoms with Crippen molar-refractivity contribution in [1.29, 1.82) is 0 Å². The van der Waals surface area contributed by atoms with Crippen molar-refractivity contribution in [2.45, 2.75) is 44.8 Å². The van der Waals surface area contributed by atoms with Gasteiger partial charge in [0.25, 0.3) is 0 Å². The molecule has 0 radical (unpaired) electrons. The minimum atomic E-state index is -0.421. The van der Waals surface area contributed by atoms with E-state index in [0.29, 0.717) is 18.8 Å². The molecule has 2 aliphatic heterocycles. The van der Waals surface area contributed by atoms with Crippen molar-refractivity contribution >= 4 is 11.6 Å². The Kier molecular flexibility index (Phi) is 2.02. The van der Waals surface area contributed by atoms with Crippen molar-refractivity contribution in [1.82, 2.24) is 0 Å². The molecule has 3 nitrogen and oxygen atoms in total. The van der Waals surface area contributed by atoms with Gasteiger partial charge in [0.2, 0.25) is 0 Å². The van der Waals surface area contributed by atoms with Crippen LogP contribution < -0.4 is 0 Å². The lowest BCUT2D eigenvalue weighted by atomic mass is 9.64. The monoisotopic (exact) mass is 246 g/mol. The van der Waals surface area contributed by atoms with Crippen molar-refractivity contribution in [3.8, 4) is 0 Å². The van der Waals surface area contributed by atoms with E-state index >= 15 is 0 Å². The van der Waals surface area contributed by atoms with Gasteiger partial charge in [-0.25, -0.2) is 0 Å². The Morgan fingerprint density at radius 3 is 3.00 bits per heavy atom. The van der Waals surface area contributed by atoms with Crippen LogP contribution in [0.1, 0.15) is 32.6 Å². The maximum Gasteiger partial charge on any atom is 0.163 e. The molecular formula is C15H18O3. The van der Waals surface area contributed by atoms with Crippen LogP contribution in [0.2, 0.25) is 0 Å². The smallest absolute Gasteiger partial charge is 0.163 e. The van der Waals surface area contributed by atoms with E-state index < -0.39 is 6.10 Å². The highest BCUT2D eigenvalue weighted by atomic mass is 16.5. The van der Waals surface area contributed by atoms with E-state index in [-0.39, 0.29) is 34.9 Å². The number of hydrogen-bond donors (Lipinski definition) is 0. The average Bonchev–Trinajstić information content (AvgIpc) is 2.79. The van der Waals surface area contributed by atoms with Crippen LogP contribution in [-0.4, -0.2) is 23.8 Å². The molecule has 0 amide bonds. The van der Waals surface area contributed by atoms with E-state index in [1.54, 1.807) is 0 Å². The highest BCUT2D eigenvalue weighted by molar-refractivity contribution is 5.95. The molecule has 3 fully saturated rings. The van der Waals surface area contributed by atoms with E-state index in [1.165, 1.54) is 0 Å². The fourth-order valence-electron chi connectivity index (χ4n) is 4.98. The molecule has 4 aliphatic rings. The summed E-state index contributed by atoms with van der Waals surface area (Å²) < 4.78 is 6.03. The minimum Gasteiger partial charge on any atom is -0.365 e. The Labute approximate surface area is 107 Å². The number of Topliss-reactive ketones (excluding diaryl/α,β-unsaturated/α-hetero) is 2. The minimum absolute atomic E-state index is 0.0535. The number of allylic oxidation sites excluding steroid dienone is 1. The number of hydrogen-bond acceptors (Lipinski definition) is 3. The third-order valence-electron chi connectivity index (χ3n) is 5.79. The van der Waals surface area contributed by atoms with Gasteiger partial charge in [-0.15, -0.1) is 0 Å². The zero-order valence-electron chi connectivity index (χ0n) is 10.6. The summed E-state index contributed by atoms with van der Waals surface area (Å²) in [6.45, 7) is 2.23. The van der Waals surface area contributed by atoms with Gasteiger partial charge in [0, 0.05) is 24.2 Å². The van der Waals surface area contributed by atoms with E-state index in [4.69, 9.17) is 4.74 Å². The third-order valence-corrected chi connectivity index (χ3v) is 5.79. The van der Waals surface area contributed by atoms with Crippen LogP contribution in [0.4, 0.5) is 0 Å². The number of ether oxygens (including phenoxy) is 1. The van der Waals surface area contributed by atoms with E-state index in [1.807, 2.05) is 0 Å². The fraction of sp³-hybridized carbons (Fsp3) is 0.733. The molecular weight excluding hydrogens is 228 g/mol. The van der Waals surface area contributed by atoms with Crippen LogP contribution in [0.5, 0.6) is 0 Å². The number of rotatable bonds is 0. The molecule has 6 atom stereocenters. The molecule has 1 spiro atoms. The second-order valence-electron chi connectivity index (χ2n) is 6.43. The molecule has 2 bridgehead atoms. The zero-order chi connectivity index (χ0) is 12.5. The highest BCUT2D eigenvalue weighted by Crippen LogP contribution is 2.62. The average molecular weight is 246 g/mol. The Bertz CT molecular complexity index is 466. The first-order valence-corrected chi connectivity index (χ1v) is 7.02. The summed E-state index contributed by atoms with van der Waals surface area (Å²) in [6, 6.07) is 0. The summed E-state index contributed by atoms with van der Waals surface area (Å²) in [7, 11) is 0. The maximum absolute atomic E-state index is 12.2. The van der Waals surface area contributed by atoms with Gasteiger partial charge in [0.1, 0.15) is 11.9 Å². The second-order valence-corrected chi connectivity index (χ2v) is 6.43. The van der Waals surface area contributed by atoms with Gasteiger partial charge >= 0.3 is 0 Å². The van der Waals surface area contributed by atoms with Crippen LogP contribution in [-0.2, 0) is 14.3 Å². The molecule has 0 unspecified atom stereocenters. The van der Waals surface area contributed by atoms with Crippen molar-refractivity contribution in [3.05, 3.63) is 12.2 Å². The summed E-state index contributed by atoms with van der Waals surface area (Å²) in [5, 5.41) is 0. The van der Waals surface area contributed by atoms with Gasteiger partial charge in [0.15, 0.2) is 5.78 Å². The topological polar surface area (TPSA) is 43.4 Å². The number of carbonyl (C=O) groups excluding carboxylic acids is 2. The lowest BCUT2D eigenvalue weighted by molar-refractivity contribution is -0.144. The zero-order valence-corrected chi connectivity index (χ0v) is 10.6. The highest BCUT2D eigenvalue weighted by Gasteiger charge is 2.68. The molecule has 4 rings (SSSR count).